The Morgan fingerprint density at radius 2 is 2.25 bits per heavy atom. The maximum absolute atomic E-state index is 10.4. The maximum Gasteiger partial charge on any atom is 0.303 e. The Labute approximate surface area is 94.7 Å². The molecule has 0 spiro atoms. The monoisotopic (exact) mass is 230 g/mol. The largest absolute Gasteiger partial charge is 0.481 e. The topological polar surface area (TPSA) is 65.0 Å². The minimum absolute atomic E-state index is 0.0524. The zero-order valence-corrected chi connectivity index (χ0v) is 9.26. The fourth-order valence-electron chi connectivity index (χ4n) is 2.11. The number of carboxylic acid groups (broad SMARTS) is 1. The lowest BCUT2D eigenvalue weighted by molar-refractivity contribution is -0.138. The minimum Gasteiger partial charge on any atom is -0.481 e. The third kappa shape index (κ3) is 3.43. The van der Waals surface area contributed by atoms with E-state index in [0.717, 1.165) is 26.1 Å². The summed E-state index contributed by atoms with van der Waals surface area (Å²) >= 11 is 0. The zero-order chi connectivity index (χ0) is 11.4. The number of aliphatic carboxylic acids is 1. The van der Waals surface area contributed by atoms with Crippen molar-refractivity contribution >= 4 is 5.97 Å². The Morgan fingerprint density at radius 1 is 1.38 bits per heavy atom. The molecule has 0 bridgehead atoms. The molecule has 0 saturated carbocycles. The highest BCUT2D eigenvalue weighted by atomic mass is 16.7. The van der Waals surface area contributed by atoms with Gasteiger partial charge in [-0.05, 0) is 18.8 Å². The Hall–Kier alpha value is -0.650. The summed E-state index contributed by atoms with van der Waals surface area (Å²) in [5.41, 5.74) is 0. The van der Waals surface area contributed by atoms with Gasteiger partial charge in [0.2, 0.25) is 0 Å². The summed E-state index contributed by atoms with van der Waals surface area (Å²) in [4.78, 5) is 10.4. The van der Waals surface area contributed by atoms with Crippen LogP contribution in [0.1, 0.15) is 25.7 Å². The van der Waals surface area contributed by atoms with Crippen molar-refractivity contribution in [1.82, 2.24) is 0 Å². The minimum atomic E-state index is -0.781. The third-order valence-electron chi connectivity index (χ3n) is 3.04. The predicted octanol–water partition coefficient (Wildman–Crippen LogP) is 1.02. The summed E-state index contributed by atoms with van der Waals surface area (Å²) in [6, 6.07) is 0. The quantitative estimate of drug-likeness (QED) is 0.763. The number of ether oxygens (including phenoxy) is 3. The predicted molar refractivity (Wildman–Crippen MR) is 55.0 cm³/mol. The highest BCUT2D eigenvalue weighted by Gasteiger charge is 2.29. The molecule has 2 saturated heterocycles. The van der Waals surface area contributed by atoms with Gasteiger partial charge in [0.05, 0.1) is 12.7 Å². The summed E-state index contributed by atoms with van der Waals surface area (Å²) in [7, 11) is 0. The molecule has 2 aliphatic heterocycles. The van der Waals surface area contributed by atoms with Gasteiger partial charge in [-0.15, -0.1) is 0 Å². The van der Waals surface area contributed by atoms with E-state index >= 15 is 0 Å². The first-order valence-corrected chi connectivity index (χ1v) is 5.80. The molecule has 92 valence electrons. The second-order valence-electron chi connectivity index (χ2n) is 4.42. The number of carbonyl (C=O) groups is 1. The fourth-order valence-corrected chi connectivity index (χ4v) is 2.11. The lowest BCUT2D eigenvalue weighted by Crippen LogP contribution is -2.17. The van der Waals surface area contributed by atoms with Crippen molar-refractivity contribution in [3.05, 3.63) is 0 Å². The Morgan fingerprint density at radius 3 is 2.94 bits per heavy atom. The van der Waals surface area contributed by atoms with Crippen LogP contribution in [0.5, 0.6) is 0 Å². The molecule has 0 aromatic rings. The van der Waals surface area contributed by atoms with E-state index in [1.54, 1.807) is 0 Å². The van der Waals surface area contributed by atoms with Gasteiger partial charge in [0, 0.05) is 26.1 Å². The first kappa shape index (κ1) is 11.8. The lowest BCUT2D eigenvalue weighted by atomic mass is 10.1. The van der Waals surface area contributed by atoms with Crippen LogP contribution in [0.4, 0.5) is 0 Å². The van der Waals surface area contributed by atoms with Gasteiger partial charge in [-0.2, -0.15) is 0 Å². The van der Waals surface area contributed by atoms with E-state index in [9.17, 15) is 4.79 Å². The average Bonchev–Trinajstić information content (AvgIpc) is 2.87. The van der Waals surface area contributed by atoms with E-state index in [1.165, 1.54) is 0 Å². The van der Waals surface area contributed by atoms with Gasteiger partial charge in [0.15, 0.2) is 6.29 Å². The molecular formula is C11H18O5. The Kier molecular flexibility index (Phi) is 4.15. The molecule has 3 atom stereocenters. The van der Waals surface area contributed by atoms with Crippen molar-refractivity contribution in [2.75, 3.05) is 19.8 Å². The van der Waals surface area contributed by atoms with Crippen LogP contribution in [0.3, 0.4) is 0 Å². The molecule has 0 aliphatic carbocycles. The van der Waals surface area contributed by atoms with Crippen LogP contribution in [0.15, 0.2) is 0 Å². The van der Waals surface area contributed by atoms with Crippen molar-refractivity contribution in [1.29, 1.82) is 0 Å². The summed E-state index contributed by atoms with van der Waals surface area (Å²) in [5.74, 6) is -0.250. The Bertz CT molecular complexity index is 237. The van der Waals surface area contributed by atoms with Crippen LogP contribution in [0.25, 0.3) is 0 Å². The molecule has 3 unspecified atom stereocenters. The Balaban J connectivity index is 1.64. The molecule has 0 amide bonds. The van der Waals surface area contributed by atoms with Crippen molar-refractivity contribution in [3.8, 4) is 0 Å². The molecule has 2 rings (SSSR count). The number of hydrogen-bond acceptors (Lipinski definition) is 4. The molecule has 2 aliphatic rings. The molecule has 2 fully saturated rings. The summed E-state index contributed by atoms with van der Waals surface area (Å²) in [5, 5.41) is 8.56. The van der Waals surface area contributed by atoms with Crippen molar-refractivity contribution in [3.63, 3.8) is 0 Å². The van der Waals surface area contributed by atoms with Crippen LogP contribution >= 0.6 is 0 Å². The molecule has 1 N–H and O–H groups in total. The molecule has 2 heterocycles. The van der Waals surface area contributed by atoms with Gasteiger partial charge in [-0.3, -0.25) is 4.79 Å². The van der Waals surface area contributed by atoms with Gasteiger partial charge < -0.3 is 19.3 Å². The van der Waals surface area contributed by atoms with Crippen LogP contribution in [0.2, 0.25) is 0 Å². The SMILES string of the molecule is O=C(O)CCC1COC(CC2CCOC2)O1. The first-order valence-electron chi connectivity index (χ1n) is 5.80. The summed E-state index contributed by atoms with van der Waals surface area (Å²) < 4.78 is 16.4. The lowest BCUT2D eigenvalue weighted by Gasteiger charge is -2.14. The first-order chi connectivity index (χ1) is 7.74. The highest BCUT2D eigenvalue weighted by Crippen LogP contribution is 2.25. The van der Waals surface area contributed by atoms with Gasteiger partial charge in [0.1, 0.15) is 0 Å². The van der Waals surface area contributed by atoms with Crippen LogP contribution in [-0.4, -0.2) is 43.3 Å². The van der Waals surface area contributed by atoms with E-state index < -0.39 is 5.97 Å². The van der Waals surface area contributed by atoms with E-state index in [-0.39, 0.29) is 18.8 Å². The zero-order valence-electron chi connectivity index (χ0n) is 9.26. The fraction of sp³-hybridized carbons (Fsp3) is 0.909. The van der Waals surface area contributed by atoms with E-state index in [4.69, 9.17) is 19.3 Å². The molecule has 5 nitrogen and oxygen atoms in total. The smallest absolute Gasteiger partial charge is 0.303 e. The van der Waals surface area contributed by atoms with Crippen LogP contribution in [0, 0.1) is 5.92 Å². The molecule has 0 aromatic heterocycles. The number of carboxylic acids is 1. The van der Waals surface area contributed by atoms with Gasteiger partial charge in [-0.25, -0.2) is 0 Å². The van der Waals surface area contributed by atoms with Gasteiger partial charge >= 0.3 is 5.97 Å². The second-order valence-corrected chi connectivity index (χ2v) is 4.42. The standard InChI is InChI=1S/C11H18O5/c12-10(13)2-1-9-7-15-11(16-9)5-8-3-4-14-6-8/h8-9,11H,1-7H2,(H,12,13). The van der Waals surface area contributed by atoms with Gasteiger partial charge in [0.25, 0.3) is 0 Å². The van der Waals surface area contributed by atoms with Crippen LogP contribution < -0.4 is 0 Å². The van der Waals surface area contributed by atoms with E-state index in [1.807, 2.05) is 0 Å². The molecular weight excluding hydrogens is 212 g/mol. The maximum atomic E-state index is 10.4. The van der Waals surface area contributed by atoms with Crippen LogP contribution in [-0.2, 0) is 19.0 Å². The molecule has 0 radical (unpaired) electrons. The molecule has 5 heteroatoms. The molecule has 0 aromatic carbocycles. The number of hydrogen-bond donors (Lipinski definition) is 1. The van der Waals surface area contributed by atoms with Crippen molar-refractivity contribution in [2.24, 2.45) is 5.92 Å². The van der Waals surface area contributed by atoms with Crippen molar-refractivity contribution in [2.45, 2.75) is 38.1 Å². The number of rotatable bonds is 5. The second kappa shape index (κ2) is 5.61. The van der Waals surface area contributed by atoms with E-state index in [2.05, 4.69) is 0 Å². The average molecular weight is 230 g/mol. The normalized spacial score (nSPS) is 34.4. The molecule has 16 heavy (non-hydrogen) atoms. The van der Waals surface area contributed by atoms with Gasteiger partial charge in [-0.1, -0.05) is 0 Å². The summed E-state index contributed by atoms with van der Waals surface area (Å²) in [6.07, 6.45) is 2.40. The summed E-state index contributed by atoms with van der Waals surface area (Å²) in [6.45, 7) is 2.15. The van der Waals surface area contributed by atoms with Crippen molar-refractivity contribution < 1.29 is 24.1 Å². The van der Waals surface area contributed by atoms with E-state index in [0.29, 0.717) is 18.9 Å². The highest BCUT2D eigenvalue weighted by molar-refractivity contribution is 5.66. The third-order valence-corrected chi connectivity index (χ3v) is 3.04.